The molecule has 0 spiro atoms. The van der Waals surface area contributed by atoms with Crippen LogP contribution in [0.5, 0.6) is 5.75 Å². The van der Waals surface area contributed by atoms with E-state index >= 15 is 0 Å². The van der Waals surface area contributed by atoms with Crippen LogP contribution in [0, 0.1) is 5.41 Å². The maximum atomic E-state index is 9.51. The van der Waals surface area contributed by atoms with Crippen LogP contribution in [0.15, 0.2) is 46.6 Å². The molecule has 0 saturated heterocycles. The average Bonchev–Trinajstić information content (AvgIpc) is 2.55. The highest BCUT2D eigenvalue weighted by atomic mass is 35.5. The predicted molar refractivity (Wildman–Crippen MR) is 102 cm³/mol. The minimum absolute atomic E-state index is 0.121. The van der Waals surface area contributed by atoms with Gasteiger partial charge in [0.2, 0.25) is 0 Å². The summed E-state index contributed by atoms with van der Waals surface area (Å²) in [5, 5.41) is 18.2. The molecule has 24 heavy (non-hydrogen) atoms. The minimum Gasteiger partial charge on any atom is -0.508 e. The molecular weight excluding hydrogens is 322 g/mol. The van der Waals surface area contributed by atoms with Crippen molar-refractivity contribution in [2.24, 2.45) is 4.99 Å². The fourth-order valence-corrected chi connectivity index (χ4v) is 2.94. The molecule has 1 aromatic carbocycles. The Balaban J connectivity index is 2.52. The first-order valence-electron chi connectivity index (χ1n) is 8.33. The summed E-state index contributed by atoms with van der Waals surface area (Å²) < 4.78 is 0. The van der Waals surface area contributed by atoms with E-state index in [2.05, 4.69) is 25.7 Å². The molecule has 2 N–H and O–H groups in total. The molecule has 1 aliphatic carbocycles. The topological polar surface area (TPSA) is 59.7 Å². The Morgan fingerprint density at radius 1 is 1.17 bits per heavy atom. The van der Waals surface area contributed by atoms with Crippen molar-refractivity contribution >= 4 is 28.7 Å². The fourth-order valence-electron chi connectivity index (χ4n) is 2.72. The summed E-state index contributed by atoms with van der Waals surface area (Å²) in [6.45, 7) is 7.96. The van der Waals surface area contributed by atoms with Gasteiger partial charge in [0.1, 0.15) is 5.75 Å². The lowest BCUT2D eigenvalue weighted by Crippen LogP contribution is -2.29. The summed E-state index contributed by atoms with van der Waals surface area (Å²) in [5.41, 5.74) is 3.90. The molecule has 128 valence electrons. The Kier molecular flexibility index (Phi) is 6.21. The molecule has 0 atom stereocenters. The van der Waals surface area contributed by atoms with Crippen molar-refractivity contribution < 1.29 is 5.11 Å². The zero-order valence-electron chi connectivity index (χ0n) is 14.4. The molecule has 0 bridgehead atoms. The Hall–Kier alpha value is -2.07. The highest BCUT2D eigenvalue weighted by molar-refractivity contribution is 6.33. The maximum absolute atomic E-state index is 9.51. The summed E-state index contributed by atoms with van der Waals surface area (Å²) in [7, 11) is 0. The summed E-state index contributed by atoms with van der Waals surface area (Å²) >= 11 is 6.21. The van der Waals surface area contributed by atoms with Crippen LogP contribution in [0.25, 0.3) is 0 Å². The molecule has 4 nitrogen and oxygen atoms in total. The lowest BCUT2D eigenvalue weighted by atomic mass is 9.95. The highest BCUT2D eigenvalue weighted by Gasteiger charge is 2.20. The molecule has 0 fully saturated rings. The standard InChI is InChI=1S/C19H24ClN3O/c1-4-7-13-10-18(19(12-16(13)21)23(5-2)6-3)22-17-9-8-14(24)11-15(17)20/h8-12,21,24H,4-7H2,1-3H3/b21-16?,22-18+. The van der Waals surface area contributed by atoms with Crippen molar-refractivity contribution in [3.63, 3.8) is 0 Å². The van der Waals surface area contributed by atoms with Crippen molar-refractivity contribution in [1.82, 2.24) is 4.90 Å². The average molecular weight is 346 g/mol. The molecule has 0 aliphatic heterocycles. The predicted octanol–water partition coefficient (Wildman–Crippen LogP) is 5.10. The smallest absolute Gasteiger partial charge is 0.117 e. The highest BCUT2D eigenvalue weighted by Crippen LogP contribution is 2.30. The Bertz CT molecular complexity index is 715. The van der Waals surface area contributed by atoms with Gasteiger partial charge in [-0.15, -0.1) is 0 Å². The maximum Gasteiger partial charge on any atom is 0.117 e. The fraction of sp³-hybridized carbons (Fsp3) is 0.368. The normalized spacial score (nSPS) is 16.2. The monoisotopic (exact) mass is 345 g/mol. The third-order valence-electron chi connectivity index (χ3n) is 4.00. The first kappa shape index (κ1) is 18.3. The number of phenolic OH excluding ortho intramolecular Hbond substituents is 1. The molecule has 0 radical (unpaired) electrons. The Morgan fingerprint density at radius 2 is 1.88 bits per heavy atom. The van der Waals surface area contributed by atoms with Gasteiger partial charge in [-0.05, 0) is 50.1 Å². The van der Waals surface area contributed by atoms with Crippen LogP contribution in [0.4, 0.5) is 5.69 Å². The number of halogens is 1. The summed E-state index contributed by atoms with van der Waals surface area (Å²) in [6, 6.07) is 4.77. The molecule has 0 aromatic heterocycles. The minimum atomic E-state index is 0.121. The number of rotatable bonds is 6. The number of aliphatic imine (C=N–C) groups is 1. The molecule has 0 amide bonds. The molecular formula is C19H24ClN3O. The van der Waals surface area contributed by atoms with Gasteiger partial charge in [0.15, 0.2) is 0 Å². The summed E-state index contributed by atoms with van der Waals surface area (Å²) in [4.78, 5) is 6.90. The van der Waals surface area contributed by atoms with E-state index in [0.717, 1.165) is 42.9 Å². The van der Waals surface area contributed by atoms with Gasteiger partial charge in [0.25, 0.3) is 0 Å². The van der Waals surface area contributed by atoms with E-state index in [0.29, 0.717) is 16.4 Å². The van der Waals surface area contributed by atoms with Crippen molar-refractivity contribution in [2.75, 3.05) is 13.1 Å². The second-order valence-corrected chi connectivity index (χ2v) is 6.08. The SMILES string of the molecule is CCCC1=C/C(=N\c2ccc(O)cc2Cl)C(N(CC)CC)=CC1=N. The van der Waals surface area contributed by atoms with E-state index < -0.39 is 0 Å². The van der Waals surface area contributed by atoms with Crippen molar-refractivity contribution in [1.29, 1.82) is 5.41 Å². The number of hydrogen-bond donors (Lipinski definition) is 2. The number of nitrogens with one attached hydrogen (secondary N) is 1. The number of allylic oxidation sites excluding steroid dienone is 3. The number of benzene rings is 1. The van der Waals surface area contributed by atoms with Crippen LogP contribution in [0.2, 0.25) is 5.02 Å². The van der Waals surface area contributed by atoms with Gasteiger partial charge >= 0.3 is 0 Å². The van der Waals surface area contributed by atoms with E-state index in [1.54, 1.807) is 12.1 Å². The van der Waals surface area contributed by atoms with E-state index in [1.165, 1.54) is 6.07 Å². The van der Waals surface area contributed by atoms with Crippen molar-refractivity contribution in [2.45, 2.75) is 33.6 Å². The zero-order chi connectivity index (χ0) is 17.7. The molecule has 5 heteroatoms. The van der Waals surface area contributed by atoms with Crippen LogP contribution < -0.4 is 0 Å². The lowest BCUT2D eigenvalue weighted by molar-refractivity contribution is 0.401. The van der Waals surface area contributed by atoms with Crippen molar-refractivity contribution in [3.8, 4) is 5.75 Å². The first-order valence-corrected chi connectivity index (χ1v) is 8.71. The van der Waals surface area contributed by atoms with Gasteiger partial charge < -0.3 is 15.4 Å². The van der Waals surface area contributed by atoms with Gasteiger partial charge in [-0.3, -0.25) is 0 Å². The third kappa shape index (κ3) is 4.06. The van der Waals surface area contributed by atoms with Crippen LogP contribution in [0.3, 0.4) is 0 Å². The zero-order valence-corrected chi connectivity index (χ0v) is 15.2. The Morgan fingerprint density at radius 3 is 2.46 bits per heavy atom. The van der Waals surface area contributed by atoms with Gasteiger partial charge in [0, 0.05) is 19.2 Å². The number of nitrogens with zero attached hydrogens (tertiary/aromatic N) is 2. The van der Waals surface area contributed by atoms with Gasteiger partial charge in [-0.25, -0.2) is 4.99 Å². The van der Waals surface area contributed by atoms with Crippen LogP contribution in [0.1, 0.15) is 33.6 Å². The largest absolute Gasteiger partial charge is 0.508 e. The summed E-state index contributed by atoms with van der Waals surface area (Å²) in [5.74, 6) is 0.121. The van der Waals surface area contributed by atoms with E-state index in [-0.39, 0.29) is 5.75 Å². The quantitative estimate of drug-likeness (QED) is 0.704. The number of hydrogen-bond acceptors (Lipinski definition) is 4. The third-order valence-corrected chi connectivity index (χ3v) is 4.30. The van der Waals surface area contributed by atoms with Crippen LogP contribution in [-0.2, 0) is 0 Å². The molecule has 0 unspecified atom stereocenters. The van der Waals surface area contributed by atoms with Gasteiger partial charge in [0.05, 0.1) is 27.8 Å². The molecule has 0 saturated carbocycles. The molecule has 1 aliphatic rings. The van der Waals surface area contributed by atoms with Gasteiger partial charge in [-0.2, -0.15) is 0 Å². The van der Waals surface area contributed by atoms with Gasteiger partial charge in [-0.1, -0.05) is 24.9 Å². The molecule has 0 heterocycles. The second kappa shape index (κ2) is 8.15. The molecule has 1 aromatic rings. The molecule has 2 rings (SSSR count). The van der Waals surface area contributed by atoms with E-state index in [9.17, 15) is 5.11 Å². The first-order chi connectivity index (χ1) is 11.5. The van der Waals surface area contributed by atoms with Crippen LogP contribution in [-0.4, -0.2) is 34.5 Å². The lowest BCUT2D eigenvalue weighted by Gasteiger charge is -2.28. The van der Waals surface area contributed by atoms with Crippen molar-refractivity contribution in [3.05, 3.63) is 46.6 Å². The van der Waals surface area contributed by atoms with E-state index in [4.69, 9.17) is 22.0 Å². The van der Waals surface area contributed by atoms with E-state index in [1.807, 2.05) is 12.2 Å². The second-order valence-electron chi connectivity index (χ2n) is 5.67. The number of aromatic hydroxyl groups is 1. The van der Waals surface area contributed by atoms with Crippen LogP contribution >= 0.6 is 11.6 Å². The Labute approximate surface area is 148 Å². The summed E-state index contributed by atoms with van der Waals surface area (Å²) in [6.07, 6.45) is 5.72. The number of phenols is 1.